The van der Waals surface area contributed by atoms with Gasteiger partial charge >= 0.3 is 0 Å². The molecule has 2 nitrogen and oxygen atoms in total. The van der Waals surface area contributed by atoms with Crippen LogP contribution < -0.4 is 5.32 Å². The van der Waals surface area contributed by atoms with E-state index in [9.17, 15) is 0 Å². The molecule has 1 aliphatic carbocycles. The van der Waals surface area contributed by atoms with Crippen molar-refractivity contribution < 1.29 is 4.74 Å². The largest absolute Gasteiger partial charge is 0.378 e. The molecule has 1 unspecified atom stereocenters. The molecule has 0 aromatic rings. The molecule has 0 aromatic carbocycles. The highest BCUT2D eigenvalue weighted by molar-refractivity contribution is 8.00. The molecule has 2 rings (SSSR count). The third-order valence-corrected chi connectivity index (χ3v) is 5.47. The molecule has 1 N–H and O–H groups in total. The van der Waals surface area contributed by atoms with Crippen molar-refractivity contribution >= 4 is 11.8 Å². The van der Waals surface area contributed by atoms with Gasteiger partial charge in [0.1, 0.15) is 0 Å². The molecular weight excluding hydrogens is 218 g/mol. The fourth-order valence-electron chi connectivity index (χ4n) is 2.67. The van der Waals surface area contributed by atoms with Crippen LogP contribution in [0.2, 0.25) is 0 Å². The van der Waals surface area contributed by atoms with Gasteiger partial charge in [-0.2, -0.15) is 11.8 Å². The van der Waals surface area contributed by atoms with E-state index in [0.29, 0.717) is 10.9 Å². The summed E-state index contributed by atoms with van der Waals surface area (Å²) in [6.45, 7) is 3.37. The van der Waals surface area contributed by atoms with Crippen LogP contribution in [0.3, 0.4) is 0 Å². The minimum atomic E-state index is 0.569. The first kappa shape index (κ1) is 12.7. The first-order chi connectivity index (χ1) is 7.85. The molecule has 0 aromatic heterocycles. The molecular formula is C13H25NOS. The standard InChI is InChI=1S/C13H25NOS/c1-16-13(7-4-8-13)11-14-9-2-5-12-6-3-10-15-12/h12,14H,2-11H2,1H3. The monoisotopic (exact) mass is 243 g/mol. The van der Waals surface area contributed by atoms with E-state index in [-0.39, 0.29) is 0 Å². The summed E-state index contributed by atoms with van der Waals surface area (Å²) >= 11 is 2.06. The van der Waals surface area contributed by atoms with Crippen LogP contribution >= 0.6 is 11.8 Å². The summed E-state index contributed by atoms with van der Waals surface area (Å²) < 4.78 is 6.21. The molecule has 1 atom stereocenters. The highest BCUT2D eigenvalue weighted by Crippen LogP contribution is 2.42. The van der Waals surface area contributed by atoms with Gasteiger partial charge in [-0.3, -0.25) is 0 Å². The van der Waals surface area contributed by atoms with Crippen LogP contribution in [0.25, 0.3) is 0 Å². The number of rotatable bonds is 7. The van der Waals surface area contributed by atoms with Crippen molar-refractivity contribution in [1.82, 2.24) is 5.32 Å². The van der Waals surface area contributed by atoms with Crippen molar-refractivity contribution in [2.45, 2.75) is 55.8 Å². The minimum absolute atomic E-state index is 0.569. The van der Waals surface area contributed by atoms with E-state index in [0.717, 1.165) is 6.61 Å². The van der Waals surface area contributed by atoms with E-state index >= 15 is 0 Å². The molecule has 0 spiro atoms. The Balaban J connectivity index is 1.48. The molecule has 0 bridgehead atoms. The normalized spacial score (nSPS) is 27.9. The van der Waals surface area contributed by atoms with Gasteiger partial charge in [-0.1, -0.05) is 6.42 Å². The Morgan fingerprint density at radius 3 is 2.81 bits per heavy atom. The van der Waals surface area contributed by atoms with Gasteiger partial charge in [0.15, 0.2) is 0 Å². The average molecular weight is 243 g/mol. The number of hydrogen-bond donors (Lipinski definition) is 1. The van der Waals surface area contributed by atoms with E-state index in [2.05, 4.69) is 23.3 Å². The Labute approximate surface area is 104 Å². The lowest BCUT2D eigenvalue weighted by Crippen LogP contribution is -2.43. The maximum atomic E-state index is 5.62. The summed E-state index contributed by atoms with van der Waals surface area (Å²) in [4.78, 5) is 0. The Hall–Kier alpha value is 0.270. The molecule has 2 aliphatic rings. The quantitative estimate of drug-likeness (QED) is 0.695. The predicted molar refractivity (Wildman–Crippen MR) is 71.2 cm³/mol. The van der Waals surface area contributed by atoms with E-state index in [1.807, 2.05) is 0 Å². The van der Waals surface area contributed by atoms with Crippen LogP contribution in [0.4, 0.5) is 0 Å². The fraction of sp³-hybridized carbons (Fsp3) is 1.00. The average Bonchev–Trinajstić information content (AvgIpc) is 2.74. The second-order valence-corrected chi connectivity index (χ2v) is 6.47. The molecule has 94 valence electrons. The minimum Gasteiger partial charge on any atom is -0.378 e. The Morgan fingerprint density at radius 1 is 1.38 bits per heavy atom. The molecule has 16 heavy (non-hydrogen) atoms. The molecule has 0 radical (unpaired) electrons. The maximum absolute atomic E-state index is 5.62. The molecule has 1 aliphatic heterocycles. The van der Waals surface area contributed by atoms with Crippen LogP contribution in [0.15, 0.2) is 0 Å². The summed E-state index contributed by atoms with van der Waals surface area (Å²) in [6, 6.07) is 0. The van der Waals surface area contributed by atoms with Gasteiger partial charge in [-0.25, -0.2) is 0 Å². The second-order valence-electron chi connectivity index (χ2n) is 5.19. The van der Waals surface area contributed by atoms with Crippen LogP contribution in [0.1, 0.15) is 44.9 Å². The summed E-state index contributed by atoms with van der Waals surface area (Å²) in [6.07, 6.45) is 12.2. The lowest BCUT2D eigenvalue weighted by atomic mass is 9.84. The fourth-order valence-corrected chi connectivity index (χ4v) is 3.61. The second kappa shape index (κ2) is 6.27. The Bertz CT molecular complexity index is 195. The number of thioether (sulfide) groups is 1. The number of ether oxygens (including phenoxy) is 1. The predicted octanol–water partition coefficient (Wildman–Crippen LogP) is 2.82. The van der Waals surface area contributed by atoms with Crippen molar-refractivity contribution in [3.63, 3.8) is 0 Å². The third-order valence-electron chi connectivity index (χ3n) is 4.05. The van der Waals surface area contributed by atoms with Crippen molar-refractivity contribution in [2.75, 3.05) is 26.0 Å². The lowest BCUT2D eigenvalue weighted by Gasteiger charge is -2.40. The summed E-state index contributed by atoms with van der Waals surface area (Å²) in [5.41, 5.74) is 0. The first-order valence-corrected chi connectivity index (χ1v) is 7.95. The van der Waals surface area contributed by atoms with Crippen molar-refractivity contribution in [2.24, 2.45) is 0 Å². The molecule has 1 saturated heterocycles. The number of hydrogen-bond acceptors (Lipinski definition) is 3. The Kier molecular flexibility index (Phi) is 4.98. The van der Waals surface area contributed by atoms with Gasteiger partial charge in [-0.15, -0.1) is 0 Å². The summed E-state index contributed by atoms with van der Waals surface area (Å²) in [5.74, 6) is 0. The van der Waals surface area contributed by atoms with Crippen LogP contribution in [-0.2, 0) is 4.74 Å². The van der Waals surface area contributed by atoms with E-state index in [4.69, 9.17) is 4.74 Å². The summed E-state index contributed by atoms with van der Waals surface area (Å²) in [7, 11) is 0. The van der Waals surface area contributed by atoms with Crippen LogP contribution in [0.5, 0.6) is 0 Å². The van der Waals surface area contributed by atoms with Crippen molar-refractivity contribution in [3.8, 4) is 0 Å². The first-order valence-electron chi connectivity index (χ1n) is 6.72. The van der Waals surface area contributed by atoms with Gasteiger partial charge in [0.25, 0.3) is 0 Å². The van der Waals surface area contributed by atoms with E-state index < -0.39 is 0 Å². The van der Waals surface area contributed by atoms with E-state index in [1.54, 1.807) is 0 Å². The zero-order chi connectivity index (χ0) is 11.3. The number of nitrogens with one attached hydrogen (secondary N) is 1. The van der Waals surface area contributed by atoms with Gasteiger partial charge in [0.05, 0.1) is 6.10 Å². The highest BCUT2D eigenvalue weighted by Gasteiger charge is 2.35. The highest BCUT2D eigenvalue weighted by atomic mass is 32.2. The molecule has 2 fully saturated rings. The topological polar surface area (TPSA) is 21.3 Å². The summed E-state index contributed by atoms with van der Waals surface area (Å²) in [5, 5.41) is 3.63. The van der Waals surface area contributed by atoms with E-state index in [1.165, 1.54) is 58.0 Å². The third kappa shape index (κ3) is 3.38. The molecule has 1 heterocycles. The SMILES string of the molecule is CSC1(CNCCCC2CCCO2)CCC1. The van der Waals surface area contributed by atoms with Crippen molar-refractivity contribution in [1.29, 1.82) is 0 Å². The zero-order valence-corrected chi connectivity index (χ0v) is 11.3. The molecule has 1 saturated carbocycles. The van der Waals surface area contributed by atoms with Gasteiger partial charge < -0.3 is 10.1 Å². The maximum Gasteiger partial charge on any atom is 0.0576 e. The lowest BCUT2D eigenvalue weighted by molar-refractivity contribution is 0.102. The van der Waals surface area contributed by atoms with Gasteiger partial charge in [-0.05, 0) is 51.3 Å². The zero-order valence-electron chi connectivity index (χ0n) is 10.5. The Morgan fingerprint density at radius 2 is 2.25 bits per heavy atom. The van der Waals surface area contributed by atoms with Crippen molar-refractivity contribution in [3.05, 3.63) is 0 Å². The van der Waals surface area contributed by atoms with Crippen LogP contribution in [0, 0.1) is 0 Å². The van der Waals surface area contributed by atoms with Gasteiger partial charge in [0.2, 0.25) is 0 Å². The van der Waals surface area contributed by atoms with Gasteiger partial charge in [0, 0.05) is 17.9 Å². The molecule has 3 heteroatoms. The van der Waals surface area contributed by atoms with Crippen LogP contribution in [-0.4, -0.2) is 36.8 Å². The smallest absolute Gasteiger partial charge is 0.0576 e. The molecule has 0 amide bonds.